The summed E-state index contributed by atoms with van der Waals surface area (Å²) in [5.41, 5.74) is 1.69. The van der Waals surface area contributed by atoms with Crippen molar-refractivity contribution in [2.24, 2.45) is 5.92 Å². The molecule has 1 aromatic carbocycles. The summed E-state index contributed by atoms with van der Waals surface area (Å²) >= 11 is 0. The molecule has 1 atom stereocenters. The molecule has 1 aliphatic heterocycles. The Hall–Kier alpha value is -1.84. The van der Waals surface area contributed by atoms with Gasteiger partial charge >= 0.3 is 5.97 Å². The average molecular weight is 247 g/mol. The largest absolute Gasteiger partial charge is 0.481 e. The van der Waals surface area contributed by atoms with E-state index < -0.39 is 5.97 Å². The van der Waals surface area contributed by atoms with Crippen molar-refractivity contribution in [1.29, 1.82) is 0 Å². The lowest BCUT2D eigenvalue weighted by atomic mass is 9.99. The van der Waals surface area contributed by atoms with Crippen LogP contribution in [0.3, 0.4) is 0 Å². The summed E-state index contributed by atoms with van der Waals surface area (Å²) in [5.74, 6) is -0.789. The van der Waals surface area contributed by atoms with Crippen molar-refractivity contribution >= 4 is 11.9 Å². The van der Waals surface area contributed by atoms with Gasteiger partial charge < -0.3 is 10.0 Å². The van der Waals surface area contributed by atoms with Gasteiger partial charge in [0.1, 0.15) is 0 Å². The Morgan fingerprint density at radius 2 is 2.06 bits per heavy atom. The van der Waals surface area contributed by atoms with Crippen molar-refractivity contribution in [2.75, 3.05) is 0 Å². The van der Waals surface area contributed by atoms with Crippen LogP contribution >= 0.6 is 0 Å². The number of nitrogens with zero attached hydrogens (tertiary/aromatic N) is 1. The van der Waals surface area contributed by atoms with Gasteiger partial charge in [0.25, 0.3) is 5.91 Å². The van der Waals surface area contributed by atoms with Crippen LogP contribution in [0.25, 0.3) is 0 Å². The smallest absolute Gasteiger partial charge is 0.305 e. The van der Waals surface area contributed by atoms with E-state index in [-0.39, 0.29) is 24.3 Å². The van der Waals surface area contributed by atoms with E-state index >= 15 is 0 Å². The number of carbonyl (C=O) groups excluding carboxylic acids is 1. The minimum atomic E-state index is -0.863. The number of hydrogen-bond donors (Lipinski definition) is 1. The lowest BCUT2D eigenvalue weighted by molar-refractivity contribution is -0.138. The summed E-state index contributed by atoms with van der Waals surface area (Å²) in [5, 5.41) is 8.96. The quantitative estimate of drug-likeness (QED) is 0.886. The first-order valence-corrected chi connectivity index (χ1v) is 6.11. The number of carbonyl (C=O) groups is 2. The zero-order chi connectivity index (χ0) is 13.3. The highest BCUT2D eigenvalue weighted by molar-refractivity contribution is 5.98. The van der Waals surface area contributed by atoms with Crippen molar-refractivity contribution in [2.45, 2.75) is 32.9 Å². The molecule has 0 spiro atoms. The molecule has 1 heterocycles. The Bertz CT molecular complexity index is 482. The predicted molar refractivity (Wildman–Crippen MR) is 67.2 cm³/mol. The van der Waals surface area contributed by atoms with Crippen LogP contribution in [-0.4, -0.2) is 27.9 Å². The number of carboxylic acid groups (broad SMARTS) is 1. The van der Waals surface area contributed by atoms with E-state index in [0.717, 1.165) is 5.56 Å². The molecule has 0 aromatic heterocycles. The number of carboxylic acids is 1. The highest BCUT2D eigenvalue weighted by Crippen LogP contribution is 2.28. The third-order valence-electron chi connectivity index (χ3n) is 3.40. The van der Waals surface area contributed by atoms with E-state index in [1.54, 1.807) is 11.0 Å². The number of benzene rings is 1. The van der Waals surface area contributed by atoms with E-state index in [2.05, 4.69) is 0 Å². The van der Waals surface area contributed by atoms with Crippen LogP contribution < -0.4 is 0 Å². The Morgan fingerprint density at radius 1 is 1.39 bits per heavy atom. The molecule has 1 unspecified atom stereocenters. The molecular weight excluding hydrogens is 230 g/mol. The molecule has 18 heavy (non-hydrogen) atoms. The van der Waals surface area contributed by atoms with E-state index in [0.29, 0.717) is 12.1 Å². The summed E-state index contributed by atoms with van der Waals surface area (Å²) < 4.78 is 0. The van der Waals surface area contributed by atoms with E-state index in [4.69, 9.17) is 5.11 Å². The first-order chi connectivity index (χ1) is 8.50. The van der Waals surface area contributed by atoms with Gasteiger partial charge in [0, 0.05) is 18.2 Å². The summed E-state index contributed by atoms with van der Waals surface area (Å²) in [6.07, 6.45) is -0.00258. The van der Waals surface area contributed by atoms with Crippen LogP contribution in [0.5, 0.6) is 0 Å². The standard InChI is InChI=1S/C14H17NO3/c1-9(2)12(7-13(16)17)15-8-10-5-3-4-6-11(10)14(15)18/h3-6,9,12H,7-8H2,1-2H3,(H,16,17). The number of hydrogen-bond acceptors (Lipinski definition) is 2. The highest BCUT2D eigenvalue weighted by Gasteiger charge is 2.34. The molecule has 4 nitrogen and oxygen atoms in total. The average Bonchev–Trinajstić information content (AvgIpc) is 2.64. The summed E-state index contributed by atoms with van der Waals surface area (Å²) in [6.45, 7) is 4.42. The van der Waals surface area contributed by atoms with Crippen molar-refractivity contribution in [3.8, 4) is 0 Å². The Balaban J connectivity index is 2.25. The number of aliphatic carboxylic acids is 1. The molecule has 0 fully saturated rings. The van der Waals surface area contributed by atoms with Crippen molar-refractivity contribution < 1.29 is 14.7 Å². The topological polar surface area (TPSA) is 57.6 Å². The predicted octanol–water partition coefficient (Wildman–Crippen LogP) is 2.14. The number of fused-ring (bicyclic) bond motifs is 1. The minimum Gasteiger partial charge on any atom is -0.481 e. The molecule has 4 heteroatoms. The fourth-order valence-corrected chi connectivity index (χ4v) is 2.43. The molecule has 1 N–H and O–H groups in total. The van der Waals surface area contributed by atoms with Crippen LogP contribution in [0.15, 0.2) is 24.3 Å². The maximum Gasteiger partial charge on any atom is 0.305 e. The molecule has 0 saturated carbocycles. The molecule has 1 amide bonds. The third-order valence-corrected chi connectivity index (χ3v) is 3.40. The fraction of sp³-hybridized carbons (Fsp3) is 0.429. The zero-order valence-electron chi connectivity index (χ0n) is 10.6. The number of amides is 1. The molecule has 1 aromatic rings. The molecular formula is C14H17NO3. The van der Waals surface area contributed by atoms with Crippen molar-refractivity contribution in [3.05, 3.63) is 35.4 Å². The van der Waals surface area contributed by atoms with Gasteiger partial charge in [-0.25, -0.2) is 0 Å². The Morgan fingerprint density at radius 3 is 2.61 bits per heavy atom. The maximum atomic E-state index is 12.3. The van der Waals surface area contributed by atoms with Crippen molar-refractivity contribution in [1.82, 2.24) is 4.90 Å². The SMILES string of the molecule is CC(C)C(CC(=O)O)N1Cc2ccccc2C1=O. The van der Waals surface area contributed by atoms with Gasteiger partial charge in [0.05, 0.1) is 6.42 Å². The second kappa shape index (κ2) is 4.80. The van der Waals surface area contributed by atoms with E-state index in [1.165, 1.54) is 0 Å². The van der Waals surface area contributed by atoms with Crippen LogP contribution in [0.4, 0.5) is 0 Å². The molecule has 0 bridgehead atoms. The first-order valence-electron chi connectivity index (χ1n) is 6.11. The van der Waals surface area contributed by atoms with E-state index in [1.807, 2.05) is 32.0 Å². The third kappa shape index (κ3) is 2.23. The van der Waals surface area contributed by atoms with Gasteiger partial charge in [0.15, 0.2) is 0 Å². The molecule has 2 rings (SSSR count). The van der Waals surface area contributed by atoms with Crippen molar-refractivity contribution in [3.63, 3.8) is 0 Å². The monoisotopic (exact) mass is 247 g/mol. The highest BCUT2D eigenvalue weighted by atomic mass is 16.4. The summed E-state index contributed by atoms with van der Waals surface area (Å²) in [6, 6.07) is 7.21. The molecule has 96 valence electrons. The Labute approximate surface area is 106 Å². The van der Waals surface area contributed by atoms with Crippen LogP contribution in [0.1, 0.15) is 36.2 Å². The molecule has 1 aliphatic rings. The lowest BCUT2D eigenvalue weighted by Crippen LogP contribution is -2.40. The minimum absolute atomic E-state index is 0.00258. The molecule has 0 saturated heterocycles. The van der Waals surface area contributed by atoms with Gasteiger partial charge in [-0.1, -0.05) is 32.0 Å². The number of rotatable bonds is 4. The second-order valence-corrected chi connectivity index (χ2v) is 5.00. The lowest BCUT2D eigenvalue weighted by Gasteiger charge is -2.29. The van der Waals surface area contributed by atoms with Crippen LogP contribution in [-0.2, 0) is 11.3 Å². The van der Waals surface area contributed by atoms with Crippen LogP contribution in [0.2, 0.25) is 0 Å². The van der Waals surface area contributed by atoms with Gasteiger partial charge in [0.2, 0.25) is 0 Å². The van der Waals surface area contributed by atoms with Gasteiger partial charge in [-0.05, 0) is 17.5 Å². The second-order valence-electron chi connectivity index (χ2n) is 5.00. The maximum absolute atomic E-state index is 12.3. The molecule has 0 radical (unpaired) electrons. The fourth-order valence-electron chi connectivity index (χ4n) is 2.43. The zero-order valence-corrected chi connectivity index (χ0v) is 10.6. The first kappa shape index (κ1) is 12.6. The van der Waals surface area contributed by atoms with Gasteiger partial charge in [-0.3, -0.25) is 9.59 Å². The van der Waals surface area contributed by atoms with Crippen LogP contribution in [0, 0.1) is 5.92 Å². The summed E-state index contributed by atoms with van der Waals surface area (Å²) in [7, 11) is 0. The van der Waals surface area contributed by atoms with Gasteiger partial charge in [-0.15, -0.1) is 0 Å². The van der Waals surface area contributed by atoms with E-state index in [9.17, 15) is 9.59 Å². The Kier molecular flexibility index (Phi) is 3.36. The molecule has 0 aliphatic carbocycles. The normalized spacial score (nSPS) is 15.9. The summed E-state index contributed by atoms with van der Waals surface area (Å²) in [4.78, 5) is 24.9. The van der Waals surface area contributed by atoms with Gasteiger partial charge in [-0.2, -0.15) is 0 Å².